The van der Waals surface area contributed by atoms with Crippen molar-refractivity contribution in [3.63, 3.8) is 0 Å². The number of aryl methyl sites for hydroxylation is 1. The van der Waals surface area contributed by atoms with Crippen molar-refractivity contribution >= 4 is 5.82 Å². The lowest BCUT2D eigenvalue weighted by Crippen LogP contribution is -2.40. The number of nitrogens with zero attached hydrogens (tertiary/aromatic N) is 3. The summed E-state index contributed by atoms with van der Waals surface area (Å²) in [6, 6.07) is 0. The van der Waals surface area contributed by atoms with Crippen LogP contribution in [0.5, 0.6) is 0 Å². The van der Waals surface area contributed by atoms with E-state index in [9.17, 15) is 9.59 Å². The number of nitrogens with one attached hydrogen (secondary N) is 1. The molecule has 2 rings (SSSR count). The first-order valence-corrected chi connectivity index (χ1v) is 5.48. The molecule has 1 aliphatic carbocycles. The minimum absolute atomic E-state index is 0.103. The van der Waals surface area contributed by atoms with Gasteiger partial charge in [0.2, 0.25) is 5.82 Å². The fourth-order valence-corrected chi connectivity index (χ4v) is 1.65. The van der Waals surface area contributed by atoms with Crippen molar-refractivity contribution in [1.82, 2.24) is 14.3 Å². The highest BCUT2D eigenvalue weighted by Gasteiger charge is 2.41. The molecule has 17 heavy (non-hydrogen) atoms. The molecule has 0 aromatic carbocycles. The summed E-state index contributed by atoms with van der Waals surface area (Å²) in [4.78, 5) is 23.1. The molecule has 0 unspecified atom stereocenters. The number of aliphatic hydroxyl groups excluding tert-OH is 1. The molecule has 2 N–H and O–H groups in total. The lowest BCUT2D eigenvalue weighted by atomic mass is 10.1. The normalized spacial score (nSPS) is 16.9. The molecule has 1 saturated carbocycles. The second kappa shape index (κ2) is 3.99. The summed E-state index contributed by atoms with van der Waals surface area (Å²) in [6.45, 7) is 0.607. The van der Waals surface area contributed by atoms with E-state index >= 15 is 0 Å². The number of aliphatic hydroxyl groups is 1. The number of hydrogen-bond donors (Lipinski definition) is 2. The van der Waals surface area contributed by atoms with Crippen LogP contribution in [0.25, 0.3) is 0 Å². The van der Waals surface area contributed by atoms with Gasteiger partial charge in [0.15, 0.2) is 0 Å². The third kappa shape index (κ3) is 2.10. The number of aromatic nitrogens is 3. The van der Waals surface area contributed by atoms with Gasteiger partial charge in [-0.25, -0.2) is 9.48 Å². The average molecular weight is 240 g/mol. The van der Waals surface area contributed by atoms with Gasteiger partial charge in [0.05, 0.1) is 6.61 Å². The van der Waals surface area contributed by atoms with E-state index in [2.05, 4.69) is 10.4 Å². The zero-order valence-electron chi connectivity index (χ0n) is 9.93. The maximum absolute atomic E-state index is 11.7. The molecule has 1 fully saturated rings. The molecular formula is C10H16N4O3. The Morgan fingerprint density at radius 3 is 2.59 bits per heavy atom. The lowest BCUT2D eigenvalue weighted by Gasteiger charge is -2.13. The van der Waals surface area contributed by atoms with E-state index in [1.165, 1.54) is 14.1 Å². The number of rotatable bonds is 4. The summed E-state index contributed by atoms with van der Waals surface area (Å²) < 4.78 is 2.12. The van der Waals surface area contributed by atoms with Gasteiger partial charge in [-0.1, -0.05) is 0 Å². The second-order valence-corrected chi connectivity index (χ2v) is 4.63. The molecule has 0 spiro atoms. The van der Waals surface area contributed by atoms with E-state index < -0.39 is 11.2 Å². The molecule has 0 aliphatic heterocycles. The largest absolute Gasteiger partial charge is 0.396 e. The maximum atomic E-state index is 11.7. The summed E-state index contributed by atoms with van der Waals surface area (Å²) in [7, 11) is 2.91. The summed E-state index contributed by atoms with van der Waals surface area (Å²) >= 11 is 0. The van der Waals surface area contributed by atoms with Crippen LogP contribution in [-0.4, -0.2) is 32.6 Å². The molecule has 1 aromatic heterocycles. The van der Waals surface area contributed by atoms with Gasteiger partial charge in [-0.3, -0.25) is 9.36 Å². The van der Waals surface area contributed by atoms with Gasteiger partial charge in [-0.05, 0) is 12.8 Å². The van der Waals surface area contributed by atoms with Gasteiger partial charge >= 0.3 is 5.69 Å². The highest BCUT2D eigenvalue weighted by Crippen LogP contribution is 2.44. The summed E-state index contributed by atoms with van der Waals surface area (Å²) in [5, 5.41) is 15.9. The number of hydrogen-bond acceptors (Lipinski definition) is 5. The van der Waals surface area contributed by atoms with Gasteiger partial charge < -0.3 is 10.4 Å². The zero-order valence-corrected chi connectivity index (χ0v) is 9.93. The Hall–Kier alpha value is -1.63. The molecule has 94 valence electrons. The van der Waals surface area contributed by atoms with E-state index in [0.29, 0.717) is 6.54 Å². The van der Waals surface area contributed by atoms with Crippen LogP contribution in [0, 0.1) is 5.41 Å². The summed E-state index contributed by atoms with van der Waals surface area (Å²) in [5.74, 6) is 0.148. The van der Waals surface area contributed by atoms with E-state index in [4.69, 9.17) is 5.11 Å². The van der Waals surface area contributed by atoms with Crippen LogP contribution >= 0.6 is 0 Å². The predicted octanol–water partition coefficient (Wildman–Crippen LogP) is -1.34. The minimum atomic E-state index is -0.455. The molecule has 1 aromatic rings. The van der Waals surface area contributed by atoms with Gasteiger partial charge in [-0.2, -0.15) is 0 Å². The van der Waals surface area contributed by atoms with Crippen LogP contribution in [0.2, 0.25) is 0 Å². The van der Waals surface area contributed by atoms with Crippen LogP contribution in [0.15, 0.2) is 9.59 Å². The molecule has 7 nitrogen and oxygen atoms in total. The highest BCUT2D eigenvalue weighted by molar-refractivity contribution is 5.30. The van der Waals surface area contributed by atoms with E-state index in [0.717, 1.165) is 22.1 Å². The first-order chi connectivity index (χ1) is 7.99. The Kier molecular flexibility index (Phi) is 2.78. The van der Waals surface area contributed by atoms with Gasteiger partial charge in [0.25, 0.3) is 5.56 Å². The SMILES string of the molecule is Cn1nc(NCC2(CO)CC2)c(=O)n(C)c1=O. The van der Waals surface area contributed by atoms with Crippen LogP contribution in [0.3, 0.4) is 0 Å². The predicted molar refractivity (Wildman–Crippen MR) is 62.0 cm³/mol. The standard InChI is InChI=1S/C10H16N4O3/c1-13-8(16)7(12-14(2)9(13)17)11-5-10(6-15)3-4-10/h15H,3-6H2,1-2H3,(H,11,12). The Morgan fingerprint density at radius 1 is 1.41 bits per heavy atom. The monoisotopic (exact) mass is 240 g/mol. The molecule has 0 amide bonds. The first-order valence-electron chi connectivity index (χ1n) is 5.48. The van der Waals surface area contributed by atoms with E-state index in [1.54, 1.807) is 0 Å². The third-order valence-corrected chi connectivity index (χ3v) is 3.24. The Morgan fingerprint density at radius 2 is 2.06 bits per heavy atom. The van der Waals surface area contributed by atoms with E-state index in [1.807, 2.05) is 0 Å². The summed E-state index contributed by atoms with van der Waals surface area (Å²) in [6.07, 6.45) is 1.89. The molecule has 0 saturated heterocycles. The van der Waals surface area contributed by atoms with Crippen molar-refractivity contribution in [2.75, 3.05) is 18.5 Å². The highest BCUT2D eigenvalue weighted by atomic mass is 16.3. The van der Waals surface area contributed by atoms with Crippen molar-refractivity contribution in [3.8, 4) is 0 Å². The molecule has 1 aliphatic rings. The Bertz CT molecular complexity index is 541. The van der Waals surface area contributed by atoms with Gasteiger partial charge in [-0.15, -0.1) is 5.10 Å². The molecule has 1 heterocycles. The van der Waals surface area contributed by atoms with Crippen LogP contribution < -0.4 is 16.6 Å². The van der Waals surface area contributed by atoms with Crippen molar-refractivity contribution in [2.24, 2.45) is 19.5 Å². The van der Waals surface area contributed by atoms with Crippen molar-refractivity contribution in [2.45, 2.75) is 12.8 Å². The molecule has 7 heteroatoms. The van der Waals surface area contributed by atoms with Crippen LogP contribution in [0.4, 0.5) is 5.82 Å². The second-order valence-electron chi connectivity index (χ2n) is 4.63. The van der Waals surface area contributed by atoms with Crippen LogP contribution in [0.1, 0.15) is 12.8 Å². The summed E-state index contributed by atoms with van der Waals surface area (Å²) in [5.41, 5.74) is -1.01. The van der Waals surface area contributed by atoms with Gasteiger partial charge in [0.1, 0.15) is 0 Å². The third-order valence-electron chi connectivity index (χ3n) is 3.24. The topological polar surface area (TPSA) is 89.2 Å². The van der Waals surface area contributed by atoms with Crippen molar-refractivity contribution < 1.29 is 5.11 Å². The van der Waals surface area contributed by atoms with E-state index in [-0.39, 0.29) is 17.8 Å². The van der Waals surface area contributed by atoms with Crippen LogP contribution in [-0.2, 0) is 14.1 Å². The Labute approximate surface area is 97.7 Å². The van der Waals surface area contributed by atoms with Crippen molar-refractivity contribution in [3.05, 3.63) is 20.8 Å². The molecule has 0 bridgehead atoms. The molecule has 0 atom stereocenters. The quantitative estimate of drug-likeness (QED) is 0.680. The molecular weight excluding hydrogens is 224 g/mol. The average Bonchev–Trinajstić information content (AvgIpc) is 3.10. The first kappa shape index (κ1) is 11.8. The van der Waals surface area contributed by atoms with Gasteiger partial charge in [0, 0.05) is 26.1 Å². The fourth-order valence-electron chi connectivity index (χ4n) is 1.65. The van der Waals surface area contributed by atoms with Crippen molar-refractivity contribution in [1.29, 1.82) is 0 Å². The lowest BCUT2D eigenvalue weighted by molar-refractivity contribution is 0.219. The Balaban J connectivity index is 2.22. The number of anilines is 1. The zero-order chi connectivity index (χ0) is 12.6. The molecule has 0 radical (unpaired) electrons. The fraction of sp³-hybridized carbons (Fsp3) is 0.700. The maximum Gasteiger partial charge on any atom is 0.346 e. The smallest absolute Gasteiger partial charge is 0.346 e. The minimum Gasteiger partial charge on any atom is -0.396 e.